The van der Waals surface area contributed by atoms with E-state index in [1.54, 1.807) is 7.11 Å². The van der Waals surface area contributed by atoms with Gasteiger partial charge in [0.1, 0.15) is 11.6 Å². The third-order valence-corrected chi connectivity index (χ3v) is 4.68. The van der Waals surface area contributed by atoms with Gasteiger partial charge in [0.05, 0.1) is 24.6 Å². The van der Waals surface area contributed by atoms with Gasteiger partial charge in [-0.25, -0.2) is 4.98 Å². The first-order chi connectivity index (χ1) is 13.8. The first-order valence-corrected chi connectivity index (χ1v) is 9.52. The highest BCUT2D eigenvalue weighted by Gasteiger charge is 2.16. The molecule has 1 aliphatic heterocycles. The molecule has 1 atom stereocenters. The maximum absolute atomic E-state index is 5.71. The van der Waals surface area contributed by atoms with Crippen molar-refractivity contribution in [3.63, 3.8) is 0 Å². The Labute approximate surface area is 164 Å². The maximum atomic E-state index is 5.71. The van der Waals surface area contributed by atoms with Crippen molar-refractivity contribution < 1.29 is 9.47 Å². The maximum Gasteiger partial charge on any atom is 0.229 e. The molecule has 0 radical (unpaired) electrons. The molecule has 0 saturated carbocycles. The minimum absolute atomic E-state index is 0.237. The summed E-state index contributed by atoms with van der Waals surface area (Å²) >= 11 is 0. The Morgan fingerprint density at radius 2 is 1.89 bits per heavy atom. The van der Waals surface area contributed by atoms with E-state index in [1.807, 2.05) is 60.7 Å². The highest BCUT2D eigenvalue weighted by Crippen LogP contribution is 2.28. The lowest BCUT2D eigenvalue weighted by Crippen LogP contribution is -2.19. The van der Waals surface area contributed by atoms with E-state index in [1.165, 1.54) is 0 Å². The Hall–Kier alpha value is -3.12. The van der Waals surface area contributed by atoms with Crippen LogP contribution >= 0.6 is 0 Å². The zero-order valence-corrected chi connectivity index (χ0v) is 15.9. The topological polar surface area (TPSA) is 68.3 Å². The van der Waals surface area contributed by atoms with Crippen LogP contribution in [-0.2, 0) is 4.74 Å². The molecular weight excluding hydrogens is 352 g/mol. The Balaban J connectivity index is 1.63. The van der Waals surface area contributed by atoms with Crippen molar-refractivity contribution in [2.75, 3.05) is 30.9 Å². The molecule has 0 bridgehead atoms. The summed E-state index contributed by atoms with van der Waals surface area (Å²) in [4.78, 5) is 9.35. The van der Waals surface area contributed by atoms with Crippen molar-refractivity contribution in [3.8, 4) is 17.0 Å². The number of rotatable bonds is 7. The van der Waals surface area contributed by atoms with Gasteiger partial charge in [0.25, 0.3) is 0 Å². The van der Waals surface area contributed by atoms with Crippen LogP contribution in [0.5, 0.6) is 5.75 Å². The quantitative estimate of drug-likeness (QED) is 0.633. The largest absolute Gasteiger partial charge is 0.495 e. The zero-order valence-electron chi connectivity index (χ0n) is 15.9. The van der Waals surface area contributed by atoms with Crippen LogP contribution in [0.15, 0.2) is 60.7 Å². The number of hydrogen-bond acceptors (Lipinski definition) is 6. The highest BCUT2D eigenvalue weighted by atomic mass is 16.5. The second-order valence-corrected chi connectivity index (χ2v) is 6.67. The number of aromatic nitrogens is 2. The lowest BCUT2D eigenvalue weighted by Gasteiger charge is -2.15. The van der Waals surface area contributed by atoms with Crippen LogP contribution in [0.25, 0.3) is 11.3 Å². The Morgan fingerprint density at radius 1 is 1.07 bits per heavy atom. The molecule has 1 unspecified atom stereocenters. The predicted molar refractivity (Wildman–Crippen MR) is 111 cm³/mol. The van der Waals surface area contributed by atoms with Crippen LogP contribution in [0.4, 0.5) is 17.5 Å². The van der Waals surface area contributed by atoms with Crippen LogP contribution in [0, 0.1) is 0 Å². The van der Waals surface area contributed by atoms with E-state index in [2.05, 4.69) is 15.6 Å². The van der Waals surface area contributed by atoms with E-state index in [-0.39, 0.29) is 6.10 Å². The van der Waals surface area contributed by atoms with Crippen molar-refractivity contribution in [1.29, 1.82) is 0 Å². The summed E-state index contributed by atoms with van der Waals surface area (Å²) in [5, 5.41) is 6.69. The Morgan fingerprint density at radius 3 is 2.68 bits per heavy atom. The first kappa shape index (κ1) is 18.3. The fourth-order valence-electron chi connectivity index (χ4n) is 3.24. The number of anilines is 3. The molecule has 144 valence electrons. The molecule has 1 fully saturated rings. The molecule has 2 aromatic carbocycles. The van der Waals surface area contributed by atoms with Gasteiger partial charge in [-0.3, -0.25) is 0 Å². The molecular formula is C22H24N4O2. The molecule has 0 spiro atoms. The lowest BCUT2D eigenvalue weighted by molar-refractivity contribution is 0.120. The van der Waals surface area contributed by atoms with Crippen LogP contribution in [0.2, 0.25) is 0 Å². The monoisotopic (exact) mass is 376 g/mol. The van der Waals surface area contributed by atoms with Crippen molar-refractivity contribution in [2.24, 2.45) is 0 Å². The molecule has 1 aliphatic rings. The lowest BCUT2D eigenvalue weighted by atomic mass is 10.1. The molecule has 2 N–H and O–H groups in total. The average molecular weight is 376 g/mol. The van der Waals surface area contributed by atoms with Gasteiger partial charge in [0.15, 0.2) is 0 Å². The van der Waals surface area contributed by atoms with E-state index in [9.17, 15) is 0 Å². The second-order valence-electron chi connectivity index (χ2n) is 6.67. The standard InChI is InChI=1S/C22H24N4O2/c1-27-20-12-6-5-11-18(20)24-22-25-19(16-8-3-2-4-9-16)14-21(26-22)23-15-17-10-7-13-28-17/h2-6,8-9,11-12,14,17H,7,10,13,15H2,1H3,(H2,23,24,25,26). The number of ether oxygens (including phenoxy) is 2. The normalized spacial score (nSPS) is 16.0. The minimum atomic E-state index is 0.237. The zero-order chi connectivity index (χ0) is 19.2. The van der Waals surface area contributed by atoms with E-state index < -0.39 is 0 Å². The second kappa shape index (κ2) is 8.71. The van der Waals surface area contributed by atoms with Crippen LogP contribution < -0.4 is 15.4 Å². The fourth-order valence-corrected chi connectivity index (χ4v) is 3.24. The van der Waals surface area contributed by atoms with Gasteiger partial charge in [0, 0.05) is 24.8 Å². The summed E-state index contributed by atoms with van der Waals surface area (Å²) in [6.07, 6.45) is 2.43. The van der Waals surface area contributed by atoms with Gasteiger partial charge in [-0.1, -0.05) is 42.5 Å². The van der Waals surface area contributed by atoms with Crippen molar-refractivity contribution >= 4 is 17.5 Å². The number of methoxy groups -OCH3 is 1. The summed E-state index contributed by atoms with van der Waals surface area (Å²) in [6, 6.07) is 19.8. The molecule has 3 aromatic rings. The smallest absolute Gasteiger partial charge is 0.229 e. The number of hydrogen-bond donors (Lipinski definition) is 2. The molecule has 4 rings (SSSR count). The highest BCUT2D eigenvalue weighted by molar-refractivity contribution is 5.68. The molecule has 2 heterocycles. The number of benzene rings is 2. The van der Waals surface area contributed by atoms with Crippen molar-refractivity contribution in [3.05, 3.63) is 60.7 Å². The summed E-state index contributed by atoms with van der Waals surface area (Å²) < 4.78 is 11.1. The van der Waals surface area contributed by atoms with E-state index in [0.717, 1.165) is 54.5 Å². The summed E-state index contributed by atoms with van der Waals surface area (Å²) in [7, 11) is 1.65. The molecule has 6 heteroatoms. The van der Waals surface area contributed by atoms with Crippen molar-refractivity contribution in [1.82, 2.24) is 9.97 Å². The fraction of sp³-hybridized carbons (Fsp3) is 0.273. The summed E-state index contributed by atoms with van der Waals surface area (Å²) in [5.74, 6) is 2.02. The molecule has 1 aromatic heterocycles. The van der Waals surface area contributed by atoms with E-state index >= 15 is 0 Å². The molecule has 0 amide bonds. The summed E-state index contributed by atoms with van der Waals surface area (Å²) in [5.41, 5.74) is 2.70. The predicted octanol–water partition coefficient (Wildman–Crippen LogP) is 4.49. The van der Waals surface area contributed by atoms with Gasteiger partial charge in [0.2, 0.25) is 5.95 Å². The first-order valence-electron chi connectivity index (χ1n) is 9.52. The van der Waals surface area contributed by atoms with Gasteiger partial charge in [-0.15, -0.1) is 0 Å². The van der Waals surface area contributed by atoms with Crippen molar-refractivity contribution in [2.45, 2.75) is 18.9 Å². The van der Waals surface area contributed by atoms with E-state index in [0.29, 0.717) is 5.95 Å². The number of nitrogens with one attached hydrogen (secondary N) is 2. The minimum Gasteiger partial charge on any atom is -0.495 e. The molecule has 1 saturated heterocycles. The van der Waals surface area contributed by atoms with Gasteiger partial charge in [-0.05, 0) is 25.0 Å². The third-order valence-electron chi connectivity index (χ3n) is 4.68. The Kier molecular flexibility index (Phi) is 5.68. The number of nitrogens with zero attached hydrogens (tertiary/aromatic N) is 2. The third kappa shape index (κ3) is 4.40. The molecule has 28 heavy (non-hydrogen) atoms. The van der Waals surface area contributed by atoms with Gasteiger partial charge >= 0.3 is 0 Å². The SMILES string of the molecule is COc1ccccc1Nc1nc(NCC2CCCO2)cc(-c2ccccc2)n1. The van der Waals surface area contributed by atoms with Crippen LogP contribution in [0.1, 0.15) is 12.8 Å². The van der Waals surface area contributed by atoms with Gasteiger partial charge < -0.3 is 20.1 Å². The molecule has 6 nitrogen and oxygen atoms in total. The van der Waals surface area contributed by atoms with E-state index in [4.69, 9.17) is 14.5 Å². The van der Waals surface area contributed by atoms with Gasteiger partial charge in [-0.2, -0.15) is 4.98 Å². The molecule has 0 aliphatic carbocycles. The van der Waals surface area contributed by atoms with Crippen LogP contribution in [0.3, 0.4) is 0 Å². The summed E-state index contributed by atoms with van der Waals surface area (Å²) in [6.45, 7) is 1.57. The Bertz CT molecular complexity index is 911. The number of para-hydroxylation sites is 2. The van der Waals surface area contributed by atoms with Crippen LogP contribution in [-0.4, -0.2) is 36.3 Å². The average Bonchev–Trinajstić information content (AvgIpc) is 3.27.